The molecule has 0 saturated carbocycles. The van der Waals surface area contributed by atoms with E-state index in [9.17, 15) is 4.39 Å². The number of hydrogen-bond donors (Lipinski definition) is 1. The van der Waals surface area contributed by atoms with E-state index in [1.807, 2.05) is 18.2 Å². The maximum Gasteiger partial charge on any atom is 0.138 e. The van der Waals surface area contributed by atoms with Gasteiger partial charge in [-0.25, -0.2) is 4.39 Å². The van der Waals surface area contributed by atoms with Crippen LogP contribution in [0.5, 0.6) is 0 Å². The Morgan fingerprint density at radius 3 is 2.65 bits per heavy atom. The third-order valence-corrected chi connectivity index (χ3v) is 3.21. The van der Waals surface area contributed by atoms with Gasteiger partial charge in [-0.2, -0.15) is 0 Å². The average molecular weight is 310 g/mol. The second-order valence-corrected chi connectivity index (χ2v) is 5.14. The van der Waals surface area contributed by atoms with Gasteiger partial charge in [0.15, 0.2) is 0 Å². The quantitative estimate of drug-likeness (QED) is 0.853. The van der Waals surface area contributed by atoms with Crippen molar-refractivity contribution in [1.29, 1.82) is 0 Å². The molecule has 0 saturated heterocycles. The van der Waals surface area contributed by atoms with Gasteiger partial charge in [0.2, 0.25) is 0 Å². The molecule has 0 aliphatic rings. The SMILES string of the molecule is NC(=S)c1cccc(COCc2cccc(Cl)c2)c1F. The number of thiocarbonyl (C=S) groups is 1. The number of halogens is 2. The lowest BCUT2D eigenvalue weighted by Gasteiger charge is -2.08. The third kappa shape index (κ3) is 3.76. The maximum absolute atomic E-state index is 14.0. The number of hydrogen-bond acceptors (Lipinski definition) is 2. The second kappa shape index (κ2) is 6.79. The molecule has 5 heteroatoms. The lowest BCUT2D eigenvalue weighted by molar-refractivity contribution is 0.105. The van der Waals surface area contributed by atoms with Gasteiger partial charge in [0, 0.05) is 16.1 Å². The highest BCUT2D eigenvalue weighted by molar-refractivity contribution is 7.80. The van der Waals surface area contributed by atoms with Crippen LogP contribution < -0.4 is 5.73 Å². The first-order chi connectivity index (χ1) is 9.58. The Hall–Kier alpha value is -1.49. The Bertz CT molecular complexity index is 633. The molecule has 0 heterocycles. The van der Waals surface area contributed by atoms with Crippen molar-refractivity contribution >= 4 is 28.8 Å². The molecule has 20 heavy (non-hydrogen) atoms. The first-order valence-corrected chi connectivity index (χ1v) is 6.76. The van der Waals surface area contributed by atoms with Crippen molar-refractivity contribution in [2.45, 2.75) is 13.2 Å². The molecule has 2 aromatic rings. The number of rotatable bonds is 5. The first kappa shape index (κ1) is 14.9. The summed E-state index contributed by atoms with van der Waals surface area (Å²) in [5.74, 6) is -0.425. The van der Waals surface area contributed by atoms with Crippen LogP contribution in [0.3, 0.4) is 0 Å². The third-order valence-electron chi connectivity index (χ3n) is 2.76. The fourth-order valence-corrected chi connectivity index (χ4v) is 2.16. The lowest BCUT2D eigenvalue weighted by atomic mass is 10.1. The molecule has 2 N–H and O–H groups in total. The van der Waals surface area contributed by atoms with Crippen molar-refractivity contribution in [2.75, 3.05) is 0 Å². The van der Waals surface area contributed by atoms with Crippen LogP contribution in [0.25, 0.3) is 0 Å². The standard InChI is InChI=1S/C15H13ClFNOS/c16-12-5-1-3-10(7-12)8-19-9-11-4-2-6-13(14(11)17)15(18)20/h1-7H,8-9H2,(H2,18,20). The second-order valence-electron chi connectivity index (χ2n) is 4.27. The topological polar surface area (TPSA) is 35.2 Å². The molecule has 0 radical (unpaired) electrons. The van der Waals surface area contributed by atoms with Crippen molar-refractivity contribution in [3.05, 3.63) is 70.0 Å². The van der Waals surface area contributed by atoms with E-state index in [0.717, 1.165) is 5.56 Å². The Morgan fingerprint density at radius 1 is 1.20 bits per heavy atom. The lowest BCUT2D eigenvalue weighted by Crippen LogP contribution is -2.13. The van der Waals surface area contributed by atoms with E-state index in [1.165, 1.54) is 0 Å². The monoisotopic (exact) mass is 309 g/mol. The van der Waals surface area contributed by atoms with Gasteiger partial charge in [0.1, 0.15) is 10.8 Å². The van der Waals surface area contributed by atoms with Gasteiger partial charge in [-0.15, -0.1) is 0 Å². The first-order valence-electron chi connectivity index (χ1n) is 5.97. The highest BCUT2D eigenvalue weighted by Gasteiger charge is 2.09. The normalized spacial score (nSPS) is 10.5. The van der Waals surface area contributed by atoms with Crippen molar-refractivity contribution in [3.8, 4) is 0 Å². The zero-order valence-corrected chi connectivity index (χ0v) is 12.2. The van der Waals surface area contributed by atoms with Crippen LogP contribution in [0.15, 0.2) is 42.5 Å². The van der Waals surface area contributed by atoms with Crippen LogP contribution in [0.2, 0.25) is 5.02 Å². The van der Waals surface area contributed by atoms with Gasteiger partial charge in [-0.05, 0) is 23.8 Å². The summed E-state index contributed by atoms with van der Waals surface area (Å²) in [4.78, 5) is 0.0409. The molecule has 0 aromatic heterocycles. The van der Waals surface area contributed by atoms with Crippen LogP contribution in [0.4, 0.5) is 4.39 Å². The van der Waals surface area contributed by atoms with Gasteiger partial charge in [0.05, 0.1) is 13.2 Å². The molecule has 2 aromatic carbocycles. The van der Waals surface area contributed by atoms with Gasteiger partial charge in [-0.1, -0.05) is 48.1 Å². The Labute approximate surface area is 127 Å². The maximum atomic E-state index is 14.0. The Kier molecular flexibility index (Phi) is 5.06. The largest absolute Gasteiger partial charge is 0.389 e. The summed E-state index contributed by atoms with van der Waals surface area (Å²) in [6, 6.07) is 12.2. The summed E-state index contributed by atoms with van der Waals surface area (Å²) in [6.45, 7) is 0.506. The van der Waals surface area contributed by atoms with E-state index in [4.69, 9.17) is 34.3 Å². The summed E-state index contributed by atoms with van der Waals surface area (Å²) in [5.41, 5.74) is 7.06. The molecule has 0 bridgehead atoms. The molecule has 0 spiro atoms. The molecule has 0 aliphatic carbocycles. The van der Waals surface area contributed by atoms with Crippen molar-refractivity contribution in [1.82, 2.24) is 0 Å². The summed E-state index contributed by atoms with van der Waals surface area (Å²) in [7, 11) is 0. The average Bonchev–Trinajstić information content (AvgIpc) is 2.40. The predicted molar refractivity (Wildman–Crippen MR) is 82.2 cm³/mol. The van der Waals surface area contributed by atoms with Crippen molar-refractivity contribution in [2.24, 2.45) is 5.73 Å². The fourth-order valence-electron chi connectivity index (χ4n) is 1.79. The van der Waals surface area contributed by atoms with Crippen molar-refractivity contribution in [3.63, 3.8) is 0 Å². The Balaban J connectivity index is 2.01. The zero-order valence-electron chi connectivity index (χ0n) is 10.6. The minimum absolute atomic E-state index is 0.0409. The number of nitrogens with two attached hydrogens (primary N) is 1. The molecule has 2 nitrogen and oxygen atoms in total. The summed E-state index contributed by atoms with van der Waals surface area (Å²) >= 11 is 10.7. The molecule has 0 atom stereocenters. The van der Waals surface area contributed by atoms with E-state index in [0.29, 0.717) is 17.2 Å². The van der Waals surface area contributed by atoms with Gasteiger partial charge < -0.3 is 10.5 Å². The van der Waals surface area contributed by atoms with E-state index in [1.54, 1.807) is 24.3 Å². The van der Waals surface area contributed by atoms with Crippen molar-refractivity contribution < 1.29 is 9.13 Å². The minimum Gasteiger partial charge on any atom is -0.389 e. The van der Waals surface area contributed by atoms with Crippen LogP contribution in [-0.4, -0.2) is 4.99 Å². The van der Waals surface area contributed by atoms with Gasteiger partial charge >= 0.3 is 0 Å². The number of benzene rings is 2. The predicted octanol–water partition coefficient (Wildman–Crippen LogP) is 3.83. The highest BCUT2D eigenvalue weighted by atomic mass is 35.5. The Morgan fingerprint density at radius 2 is 1.95 bits per heavy atom. The van der Waals surface area contributed by atoms with E-state index < -0.39 is 5.82 Å². The molecule has 0 aliphatic heterocycles. The van der Waals surface area contributed by atoms with Gasteiger partial charge in [0.25, 0.3) is 0 Å². The van der Waals surface area contributed by atoms with Crippen LogP contribution in [0.1, 0.15) is 16.7 Å². The molecule has 0 unspecified atom stereocenters. The molecular formula is C15H13ClFNOS. The molecule has 2 rings (SSSR count). The zero-order chi connectivity index (χ0) is 14.5. The van der Waals surface area contributed by atoms with Crippen LogP contribution in [-0.2, 0) is 18.0 Å². The molecule has 0 fully saturated rings. The molecule has 0 amide bonds. The van der Waals surface area contributed by atoms with E-state index in [-0.39, 0.29) is 17.2 Å². The fraction of sp³-hybridized carbons (Fsp3) is 0.133. The minimum atomic E-state index is -0.425. The smallest absolute Gasteiger partial charge is 0.138 e. The summed E-state index contributed by atoms with van der Waals surface area (Å²) in [5, 5.41) is 0.646. The van der Waals surface area contributed by atoms with Crippen LogP contribution in [0, 0.1) is 5.82 Å². The highest BCUT2D eigenvalue weighted by Crippen LogP contribution is 2.16. The number of ether oxygens (including phenoxy) is 1. The van der Waals surface area contributed by atoms with Crippen LogP contribution >= 0.6 is 23.8 Å². The summed E-state index contributed by atoms with van der Waals surface area (Å²) in [6.07, 6.45) is 0. The van der Waals surface area contributed by atoms with E-state index >= 15 is 0 Å². The molecular weight excluding hydrogens is 297 g/mol. The molecule has 104 valence electrons. The van der Waals surface area contributed by atoms with E-state index in [2.05, 4.69) is 0 Å². The van der Waals surface area contributed by atoms with Gasteiger partial charge in [-0.3, -0.25) is 0 Å². The summed E-state index contributed by atoms with van der Waals surface area (Å²) < 4.78 is 19.5.